The van der Waals surface area contributed by atoms with E-state index in [1.54, 1.807) is 0 Å². The maximum atomic E-state index is 11.7. The topological polar surface area (TPSA) is 55.8 Å². The Balaban J connectivity index is 1.46. The number of ketones is 1. The number of esters is 1. The van der Waals surface area contributed by atoms with Gasteiger partial charge in [-0.05, 0) is 44.3 Å². The molecule has 5 heteroatoms. The van der Waals surface area contributed by atoms with Gasteiger partial charge in [-0.2, -0.15) is 0 Å². The van der Waals surface area contributed by atoms with Crippen LogP contribution in [0.2, 0.25) is 0 Å². The average molecular weight is 333 g/mol. The predicted molar refractivity (Wildman–Crippen MR) is 91.8 cm³/mol. The lowest BCUT2D eigenvalue weighted by Crippen LogP contribution is -2.25. The molecule has 24 heavy (non-hydrogen) atoms. The Kier molecular flexibility index (Phi) is 8.49. The average Bonchev–Trinajstić information content (AvgIpc) is 3.10. The summed E-state index contributed by atoms with van der Waals surface area (Å²) in [4.78, 5) is 25.6. The molecular formula is C19H27NO4. The highest BCUT2D eigenvalue weighted by atomic mass is 16.5. The summed E-state index contributed by atoms with van der Waals surface area (Å²) in [5, 5.41) is 0. The van der Waals surface area contributed by atoms with Gasteiger partial charge < -0.3 is 14.4 Å². The summed E-state index contributed by atoms with van der Waals surface area (Å²) in [6, 6.07) is 10.0. The number of nitrogens with zero attached hydrogens (tertiary/aromatic N) is 1. The van der Waals surface area contributed by atoms with E-state index in [0.717, 1.165) is 32.5 Å². The summed E-state index contributed by atoms with van der Waals surface area (Å²) < 4.78 is 10.4. The molecule has 1 saturated heterocycles. The second-order valence-electron chi connectivity index (χ2n) is 6.13. The molecule has 0 unspecified atom stereocenters. The molecule has 0 bridgehead atoms. The smallest absolute Gasteiger partial charge is 0.313 e. The molecule has 5 nitrogen and oxygen atoms in total. The maximum Gasteiger partial charge on any atom is 0.313 e. The van der Waals surface area contributed by atoms with Crippen molar-refractivity contribution in [3.05, 3.63) is 35.9 Å². The number of ether oxygens (including phenoxy) is 2. The van der Waals surface area contributed by atoms with E-state index in [0.29, 0.717) is 13.2 Å². The minimum atomic E-state index is -0.462. The fraction of sp³-hybridized carbons (Fsp3) is 0.579. The fourth-order valence-electron chi connectivity index (χ4n) is 2.76. The molecule has 0 amide bonds. The van der Waals surface area contributed by atoms with E-state index in [4.69, 9.17) is 9.47 Å². The van der Waals surface area contributed by atoms with Gasteiger partial charge in [-0.15, -0.1) is 0 Å². The minimum absolute atomic E-state index is 0.00699. The molecule has 1 aliphatic heterocycles. The van der Waals surface area contributed by atoms with Gasteiger partial charge in [-0.3, -0.25) is 9.59 Å². The van der Waals surface area contributed by atoms with Gasteiger partial charge in [0.1, 0.15) is 13.0 Å². The number of likely N-dealkylation sites (tertiary alicyclic amines) is 1. The van der Waals surface area contributed by atoms with Gasteiger partial charge in [0, 0.05) is 6.54 Å². The number of hydrogen-bond donors (Lipinski definition) is 0. The highest BCUT2D eigenvalue weighted by Crippen LogP contribution is 2.06. The highest BCUT2D eigenvalue weighted by molar-refractivity contribution is 5.96. The second kappa shape index (κ2) is 10.9. The van der Waals surface area contributed by atoms with Crippen LogP contribution in [0.1, 0.15) is 31.2 Å². The molecule has 132 valence electrons. The van der Waals surface area contributed by atoms with Gasteiger partial charge in [-0.1, -0.05) is 30.3 Å². The Morgan fingerprint density at radius 2 is 1.79 bits per heavy atom. The predicted octanol–water partition coefficient (Wildman–Crippen LogP) is 2.23. The molecule has 0 aromatic heterocycles. The van der Waals surface area contributed by atoms with Gasteiger partial charge in [-0.25, -0.2) is 0 Å². The van der Waals surface area contributed by atoms with E-state index >= 15 is 0 Å². The van der Waals surface area contributed by atoms with Crippen molar-refractivity contribution in [2.75, 3.05) is 39.5 Å². The van der Waals surface area contributed by atoms with Crippen molar-refractivity contribution in [3.63, 3.8) is 0 Å². The Morgan fingerprint density at radius 1 is 1.04 bits per heavy atom. The standard InChI is InChI=1S/C19H27NO4/c21-18(16-23-14-12-20-10-4-5-11-20)15-19(22)24-13-6-9-17-7-2-1-3-8-17/h1-3,7-8H,4-6,9-16H2. The van der Waals surface area contributed by atoms with Crippen molar-refractivity contribution in [3.8, 4) is 0 Å². The van der Waals surface area contributed by atoms with Crippen LogP contribution in [0.3, 0.4) is 0 Å². The lowest BCUT2D eigenvalue weighted by molar-refractivity contribution is -0.147. The molecule has 1 aromatic carbocycles. The van der Waals surface area contributed by atoms with Crippen LogP contribution in [0.25, 0.3) is 0 Å². The number of hydrogen-bond acceptors (Lipinski definition) is 5. The summed E-state index contributed by atoms with van der Waals surface area (Å²) in [7, 11) is 0. The van der Waals surface area contributed by atoms with E-state index in [1.165, 1.54) is 18.4 Å². The molecule has 0 saturated carbocycles. The quantitative estimate of drug-likeness (QED) is 0.353. The highest BCUT2D eigenvalue weighted by Gasteiger charge is 2.13. The minimum Gasteiger partial charge on any atom is -0.465 e. The Morgan fingerprint density at radius 3 is 2.54 bits per heavy atom. The zero-order chi connectivity index (χ0) is 17.0. The summed E-state index contributed by atoms with van der Waals surface area (Å²) in [5.74, 6) is -0.680. The summed E-state index contributed by atoms with van der Waals surface area (Å²) >= 11 is 0. The van der Waals surface area contributed by atoms with Crippen molar-refractivity contribution in [1.82, 2.24) is 4.90 Å². The third kappa shape index (κ3) is 7.70. The van der Waals surface area contributed by atoms with Crippen LogP contribution in [-0.2, 0) is 25.5 Å². The first-order valence-electron chi connectivity index (χ1n) is 8.75. The van der Waals surface area contributed by atoms with E-state index in [9.17, 15) is 9.59 Å². The molecule has 0 atom stereocenters. The first-order chi connectivity index (χ1) is 11.7. The molecule has 0 N–H and O–H groups in total. The van der Waals surface area contributed by atoms with Crippen LogP contribution in [-0.4, -0.2) is 56.1 Å². The lowest BCUT2D eigenvalue weighted by Gasteiger charge is -2.13. The largest absolute Gasteiger partial charge is 0.465 e. The monoisotopic (exact) mass is 333 g/mol. The van der Waals surface area contributed by atoms with Gasteiger partial charge in [0.2, 0.25) is 0 Å². The molecular weight excluding hydrogens is 306 g/mol. The summed E-state index contributed by atoms with van der Waals surface area (Å²) in [5.41, 5.74) is 1.22. The van der Waals surface area contributed by atoms with Crippen molar-refractivity contribution in [2.24, 2.45) is 0 Å². The van der Waals surface area contributed by atoms with E-state index < -0.39 is 5.97 Å². The van der Waals surface area contributed by atoms with E-state index in [1.807, 2.05) is 30.3 Å². The van der Waals surface area contributed by atoms with Crippen molar-refractivity contribution in [2.45, 2.75) is 32.1 Å². The summed E-state index contributed by atoms with van der Waals surface area (Å²) in [6.07, 6.45) is 3.91. The fourth-order valence-corrected chi connectivity index (χ4v) is 2.76. The van der Waals surface area contributed by atoms with Crippen molar-refractivity contribution >= 4 is 11.8 Å². The third-order valence-corrected chi connectivity index (χ3v) is 4.07. The van der Waals surface area contributed by atoms with Gasteiger partial charge >= 0.3 is 5.97 Å². The molecule has 1 heterocycles. The SMILES string of the molecule is O=C(COCCN1CCCC1)CC(=O)OCCCc1ccccc1. The molecule has 1 aromatic rings. The van der Waals surface area contributed by atoms with Crippen LogP contribution >= 0.6 is 0 Å². The van der Waals surface area contributed by atoms with Crippen LogP contribution in [0.5, 0.6) is 0 Å². The molecule has 1 fully saturated rings. The van der Waals surface area contributed by atoms with Gasteiger partial charge in [0.15, 0.2) is 5.78 Å². The van der Waals surface area contributed by atoms with E-state index in [-0.39, 0.29) is 18.8 Å². The van der Waals surface area contributed by atoms with Crippen molar-refractivity contribution < 1.29 is 19.1 Å². The van der Waals surface area contributed by atoms with Crippen LogP contribution in [0, 0.1) is 0 Å². The zero-order valence-corrected chi connectivity index (χ0v) is 14.2. The maximum absolute atomic E-state index is 11.7. The number of benzene rings is 1. The molecule has 0 radical (unpaired) electrons. The Hall–Kier alpha value is -1.72. The molecule has 1 aliphatic rings. The molecule has 2 rings (SSSR count). The zero-order valence-electron chi connectivity index (χ0n) is 14.2. The lowest BCUT2D eigenvalue weighted by atomic mass is 10.1. The Labute approximate surface area is 143 Å². The molecule has 0 spiro atoms. The molecule has 0 aliphatic carbocycles. The Bertz CT molecular complexity index is 497. The van der Waals surface area contributed by atoms with Gasteiger partial charge in [0.25, 0.3) is 0 Å². The van der Waals surface area contributed by atoms with E-state index in [2.05, 4.69) is 4.90 Å². The summed E-state index contributed by atoms with van der Waals surface area (Å²) in [6.45, 7) is 3.97. The number of carbonyl (C=O) groups excluding carboxylic acids is 2. The number of Topliss-reactive ketones (excluding diaryl/α,β-unsaturated/α-hetero) is 1. The van der Waals surface area contributed by atoms with Gasteiger partial charge in [0.05, 0.1) is 13.2 Å². The van der Waals surface area contributed by atoms with Crippen molar-refractivity contribution in [1.29, 1.82) is 0 Å². The normalized spacial score (nSPS) is 14.7. The van der Waals surface area contributed by atoms with Crippen LogP contribution in [0.4, 0.5) is 0 Å². The number of rotatable bonds is 11. The second-order valence-corrected chi connectivity index (χ2v) is 6.13. The number of aryl methyl sites for hydroxylation is 1. The number of carbonyl (C=O) groups is 2. The third-order valence-electron chi connectivity index (χ3n) is 4.07. The van der Waals surface area contributed by atoms with Crippen LogP contribution in [0.15, 0.2) is 30.3 Å². The van der Waals surface area contributed by atoms with Crippen LogP contribution < -0.4 is 0 Å². The first-order valence-corrected chi connectivity index (χ1v) is 8.75. The first kappa shape index (κ1) is 18.6.